The maximum atomic E-state index is 12.5. The van der Waals surface area contributed by atoms with E-state index in [9.17, 15) is 12.3 Å². The second-order valence-corrected chi connectivity index (χ2v) is 4.49. The summed E-state index contributed by atoms with van der Waals surface area (Å²) in [5.41, 5.74) is 11.1. The van der Waals surface area contributed by atoms with Gasteiger partial charge < -0.3 is 11.5 Å². The van der Waals surface area contributed by atoms with Gasteiger partial charge in [0.1, 0.15) is 0 Å². The molecule has 0 saturated carbocycles. The minimum Gasteiger partial charge on any atom is -0.370 e. The fourth-order valence-electron chi connectivity index (χ4n) is 1.13. The van der Waals surface area contributed by atoms with Crippen LogP contribution in [0.2, 0.25) is 0 Å². The van der Waals surface area contributed by atoms with E-state index >= 15 is 0 Å². The Morgan fingerprint density at radius 3 is 2.25 bits per heavy atom. The van der Waals surface area contributed by atoms with E-state index in [4.69, 9.17) is 11.5 Å². The molecule has 0 aliphatic heterocycles. The normalized spacial score (nSPS) is 11.1. The van der Waals surface area contributed by atoms with Crippen molar-refractivity contribution >= 4 is 16.2 Å². The predicted octanol–water partition coefficient (Wildman–Crippen LogP) is 0.161. The van der Waals surface area contributed by atoms with Gasteiger partial charge in [0.25, 0.3) is 0 Å². The molecule has 0 spiro atoms. The minimum atomic E-state index is -4.62. The van der Waals surface area contributed by atoms with Crippen molar-refractivity contribution in [2.24, 2.45) is 16.5 Å². The Morgan fingerprint density at radius 1 is 1.25 bits per heavy atom. The van der Waals surface area contributed by atoms with Crippen LogP contribution >= 0.6 is 0 Å². The lowest BCUT2D eigenvalue weighted by atomic mass is 10.1. The Balaban J connectivity index is 2.69. The molecule has 1 rings (SSSR count). The lowest BCUT2D eigenvalue weighted by Gasteiger charge is -1.99. The second-order valence-electron chi connectivity index (χ2n) is 3.14. The van der Waals surface area contributed by atoms with Crippen molar-refractivity contribution in [3.05, 3.63) is 29.8 Å². The molecule has 1 aromatic rings. The van der Waals surface area contributed by atoms with E-state index in [0.29, 0.717) is 13.0 Å². The van der Waals surface area contributed by atoms with Crippen molar-refractivity contribution in [2.45, 2.75) is 11.3 Å². The van der Waals surface area contributed by atoms with E-state index in [0.717, 1.165) is 5.56 Å². The van der Waals surface area contributed by atoms with E-state index in [1.54, 1.807) is 0 Å². The molecule has 0 fully saturated rings. The van der Waals surface area contributed by atoms with Gasteiger partial charge in [0.2, 0.25) is 0 Å². The summed E-state index contributed by atoms with van der Waals surface area (Å²) in [6, 6.07) is 5.46. The zero-order valence-electron chi connectivity index (χ0n) is 8.43. The molecule has 0 heterocycles. The van der Waals surface area contributed by atoms with E-state index in [1.807, 2.05) is 0 Å². The van der Waals surface area contributed by atoms with Gasteiger partial charge in [-0.25, -0.2) is 0 Å². The number of guanidine groups is 1. The maximum Gasteiger partial charge on any atom is 0.332 e. The summed E-state index contributed by atoms with van der Waals surface area (Å²) < 4.78 is 33.6. The molecule has 0 aliphatic rings. The topological polar surface area (TPSA) is 98.5 Å². The Labute approximate surface area is 93.2 Å². The summed E-state index contributed by atoms with van der Waals surface area (Å²) in [4.78, 5) is 3.42. The Morgan fingerprint density at radius 2 is 1.81 bits per heavy atom. The molecular weight excluding hydrogens is 233 g/mol. The average molecular weight is 245 g/mol. The van der Waals surface area contributed by atoms with Crippen molar-refractivity contribution in [1.82, 2.24) is 0 Å². The highest BCUT2D eigenvalue weighted by Gasteiger charge is 2.10. The van der Waals surface area contributed by atoms with Gasteiger partial charge in [-0.1, -0.05) is 12.1 Å². The lowest BCUT2D eigenvalue weighted by Crippen LogP contribution is -2.23. The number of halogens is 1. The zero-order valence-corrected chi connectivity index (χ0v) is 9.24. The van der Waals surface area contributed by atoms with Gasteiger partial charge in [0, 0.05) is 6.54 Å². The van der Waals surface area contributed by atoms with Gasteiger partial charge in [0.05, 0.1) is 4.90 Å². The fraction of sp³-hybridized carbons (Fsp3) is 0.222. The Kier molecular flexibility index (Phi) is 3.83. The van der Waals surface area contributed by atoms with E-state index in [1.165, 1.54) is 24.3 Å². The molecule has 0 aliphatic carbocycles. The van der Waals surface area contributed by atoms with Gasteiger partial charge in [-0.2, -0.15) is 8.42 Å². The summed E-state index contributed by atoms with van der Waals surface area (Å²) in [6.07, 6.45) is 0.560. The predicted molar refractivity (Wildman–Crippen MR) is 59.1 cm³/mol. The number of hydrogen-bond donors (Lipinski definition) is 2. The third-order valence-electron chi connectivity index (χ3n) is 1.90. The monoisotopic (exact) mass is 245 g/mol. The molecule has 5 nitrogen and oxygen atoms in total. The molecule has 0 bridgehead atoms. The van der Waals surface area contributed by atoms with Crippen LogP contribution in [0.4, 0.5) is 3.89 Å². The highest BCUT2D eigenvalue weighted by atomic mass is 32.3. The molecule has 16 heavy (non-hydrogen) atoms. The highest BCUT2D eigenvalue weighted by Crippen LogP contribution is 2.13. The molecular formula is C9H12FN3O2S. The number of nitrogens with zero attached hydrogens (tertiary/aromatic N) is 1. The standard InChI is InChI=1S/C9H12FN3O2S/c10-16(14,15)8-3-1-7(2-4-8)5-6-13-9(11)12/h1-4H,5-6H2,(H4,11,12,13). The molecule has 88 valence electrons. The smallest absolute Gasteiger partial charge is 0.332 e. The third-order valence-corrected chi connectivity index (χ3v) is 2.73. The molecule has 0 radical (unpaired) electrons. The molecule has 0 aromatic heterocycles. The van der Waals surface area contributed by atoms with Crippen molar-refractivity contribution in [3.8, 4) is 0 Å². The minimum absolute atomic E-state index is 0.00274. The van der Waals surface area contributed by atoms with Gasteiger partial charge in [-0.15, -0.1) is 3.89 Å². The summed E-state index contributed by atoms with van der Waals surface area (Å²) in [5.74, 6) is 0.00274. The Bertz CT molecular complexity index is 478. The van der Waals surface area contributed by atoms with Crippen LogP contribution < -0.4 is 11.5 Å². The van der Waals surface area contributed by atoms with Crippen molar-refractivity contribution in [3.63, 3.8) is 0 Å². The zero-order chi connectivity index (χ0) is 12.2. The molecule has 0 saturated heterocycles. The van der Waals surface area contributed by atoms with Crippen LogP contribution in [-0.4, -0.2) is 20.9 Å². The lowest BCUT2D eigenvalue weighted by molar-refractivity contribution is 0.552. The fourth-order valence-corrected chi connectivity index (χ4v) is 1.59. The van der Waals surface area contributed by atoms with Crippen LogP contribution in [0.3, 0.4) is 0 Å². The van der Waals surface area contributed by atoms with Crippen LogP contribution in [0, 0.1) is 0 Å². The van der Waals surface area contributed by atoms with Crippen LogP contribution in [0.25, 0.3) is 0 Å². The van der Waals surface area contributed by atoms with Crippen molar-refractivity contribution in [1.29, 1.82) is 0 Å². The molecule has 4 N–H and O–H groups in total. The number of hydrogen-bond acceptors (Lipinski definition) is 3. The van der Waals surface area contributed by atoms with Crippen LogP contribution in [0.15, 0.2) is 34.2 Å². The number of aliphatic imine (C=N–C) groups is 1. The molecule has 1 aromatic carbocycles. The Hall–Kier alpha value is -1.63. The van der Waals surface area contributed by atoms with E-state index in [-0.39, 0.29) is 10.9 Å². The number of benzene rings is 1. The number of rotatable bonds is 4. The first kappa shape index (κ1) is 12.4. The molecule has 0 unspecified atom stereocenters. The largest absolute Gasteiger partial charge is 0.370 e. The van der Waals surface area contributed by atoms with Crippen molar-refractivity contribution < 1.29 is 12.3 Å². The van der Waals surface area contributed by atoms with Crippen molar-refractivity contribution in [2.75, 3.05) is 6.54 Å². The van der Waals surface area contributed by atoms with Crippen LogP contribution in [0.1, 0.15) is 5.56 Å². The average Bonchev–Trinajstić information content (AvgIpc) is 2.16. The second kappa shape index (κ2) is 4.93. The molecule has 7 heteroatoms. The van der Waals surface area contributed by atoms with Gasteiger partial charge >= 0.3 is 10.2 Å². The quantitative estimate of drug-likeness (QED) is 0.448. The van der Waals surface area contributed by atoms with Gasteiger partial charge in [-0.05, 0) is 24.1 Å². The van der Waals surface area contributed by atoms with E-state index in [2.05, 4.69) is 4.99 Å². The van der Waals surface area contributed by atoms with Crippen LogP contribution in [0.5, 0.6) is 0 Å². The maximum absolute atomic E-state index is 12.5. The third kappa shape index (κ3) is 3.85. The molecule has 0 atom stereocenters. The number of nitrogens with two attached hydrogens (primary N) is 2. The van der Waals surface area contributed by atoms with Crippen LogP contribution in [-0.2, 0) is 16.6 Å². The summed E-state index contributed by atoms with van der Waals surface area (Å²) in [6.45, 7) is 0.407. The summed E-state index contributed by atoms with van der Waals surface area (Å²) in [7, 11) is -4.62. The summed E-state index contributed by atoms with van der Waals surface area (Å²) >= 11 is 0. The first-order valence-electron chi connectivity index (χ1n) is 4.48. The van der Waals surface area contributed by atoms with Gasteiger partial charge in [-0.3, -0.25) is 4.99 Å². The summed E-state index contributed by atoms with van der Waals surface area (Å²) in [5, 5.41) is 0. The molecule has 0 amide bonds. The van der Waals surface area contributed by atoms with Gasteiger partial charge in [0.15, 0.2) is 5.96 Å². The SMILES string of the molecule is NC(N)=NCCc1ccc(S(=O)(=O)F)cc1. The van der Waals surface area contributed by atoms with E-state index < -0.39 is 10.2 Å². The first-order valence-corrected chi connectivity index (χ1v) is 5.87. The highest BCUT2D eigenvalue weighted by molar-refractivity contribution is 7.86. The first-order chi connectivity index (χ1) is 7.39.